The van der Waals surface area contributed by atoms with Gasteiger partial charge in [0.05, 0.1) is 25.1 Å². The van der Waals surface area contributed by atoms with E-state index in [4.69, 9.17) is 4.74 Å². The Balaban J connectivity index is 1.35. The monoisotopic (exact) mass is 412 g/mol. The van der Waals surface area contributed by atoms with E-state index in [9.17, 15) is 4.79 Å². The summed E-state index contributed by atoms with van der Waals surface area (Å²) in [5.41, 5.74) is 1.84. The van der Waals surface area contributed by atoms with E-state index in [1.807, 2.05) is 42.0 Å². The number of benzene rings is 1. The number of amides is 1. The van der Waals surface area contributed by atoms with Gasteiger partial charge in [0.25, 0.3) is 0 Å². The summed E-state index contributed by atoms with van der Waals surface area (Å²) in [5, 5.41) is 12.0. The van der Waals surface area contributed by atoms with Gasteiger partial charge in [0.15, 0.2) is 5.16 Å². The largest absolute Gasteiger partial charge is 0.497 e. The molecular formula is C20H24N6O2S. The Morgan fingerprint density at radius 1 is 1.24 bits per heavy atom. The molecule has 0 atom stereocenters. The van der Waals surface area contributed by atoms with E-state index in [1.54, 1.807) is 7.11 Å². The molecule has 1 N–H and O–H groups in total. The van der Waals surface area contributed by atoms with E-state index in [-0.39, 0.29) is 11.7 Å². The van der Waals surface area contributed by atoms with Crippen molar-refractivity contribution in [3.8, 4) is 11.4 Å². The third-order valence-electron chi connectivity index (χ3n) is 4.88. The minimum atomic E-state index is -0.0529. The number of hydrogen-bond acceptors (Lipinski definition) is 6. The zero-order chi connectivity index (χ0) is 20.2. The smallest absolute Gasteiger partial charge is 0.230 e. The number of hydrogen-bond donors (Lipinski definition) is 1. The highest BCUT2D eigenvalue weighted by atomic mass is 32.2. The van der Waals surface area contributed by atoms with Crippen LogP contribution in [0.2, 0.25) is 0 Å². The Hall–Kier alpha value is -2.81. The average Bonchev–Trinajstić information content (AvgIpc) is 3.33. The summed E-state index contributed by atoms with van der Waals surface area (Å²) < 4.78 is 9.34. The van der Waals surface area contributed by atoms with Crippen LogP contribution in [0.25, 0.3) is 5.69 Å². The van der Waals surface area contributed by atoms with Crippen LogP contribution in [0.1, 0.15) is 30.2 Å². The number of nitrogens with one attached hydrogen (secondary N) is 1. The Kier molecular flexibility index (Phi) is 5.84. The van der Waals surface area contributed by atoms with Gasteiger partial charge in [-0.25, -0.2) is 4.98 Å². The number of thioether (sulfide) groups is 1. The number of aromatic nitrogens is 5. The molecule has 2 aromatic heterocycles. The van der Waals surface area contributed by atoms with Gasteiger partial charge in [0.1, 0.15) is 17.4 Å². The molecule has 4 rings (SSSR count). The van der Waals surface area contributed by atoms with E-state index in [0.717, 1.165) is 41.7 Å². The summed E-state index contributed by atoms with van der Waals surface area (Å²) in [6, 6.07) is 7.67. The molecule has 3 aromatic rings. The Morgan fingerprint density at radius 3 is 2.83 bits per heavy atom. The maximum atomic E-state index is 12.3. The molecule has 8 nitrogen and oxygen atoms in total. The van der Waals surface area contributed by atoms with Crippen LogP contribution in [0, 0.1) is 6.92 Å². The van der Waals surface area contributed by atoms with E-state index in [2.05, 4.69) is 25.1 Å². The number of aryl methyl sites for hydroxylation is 3. The lowest BCUT2D eigenvalue weighted by Crippen LogP contribution is -2.25. The van der Waals surface area contributed by atoms with Gasteiger partial charge < -0.3 is 14.6 Å². The first kappa shape index (κ1) is 19.5. The number of fused-ring (bicyclic) bond motifs is 1. The number of nitrogens with zero attached hydrogens (tertiary/aromatic N) is 5. The maximum Gasteiger partial charge on any atom is 0.230 e. The van der Waals surface area contributed by atoms with E-state index in [1.165, 1.54) is 24.6 Å². The van der Waals surface area contributed by atoms with Gasteiger partial charge in [-0.05, 0) is 44.0 Å². The zero-order valence-corrected chi connectivity index (χ0v) is 17.4. The molecule has 0 saturated carbocycles. The summed E-state index contributed by atoms with van der Waals surface area (Å²) in [6.45, 7) is 3.36. The van der Waals surface area contributed by atoms with Crippen LogP contribution in [0.3, 0.4) is 0 Å². The molecule has 0 bridgehead atoms. The first-order valence-electron chi connectivity index (χ1n) is 9.65. The SMILES string of the molecule is COc1ccc(-n2c(C)nnc2SCC(=O)NCc2cn3c(n2)CCCC3)cc1. The molecular weight excluding hydrogens is 388 g/mol. The predicted octanol–water partition coefficient (Wildman–Crippen LogP) is 2.53. The van der Waals surface area contributed by atoms with Crippen LogP contribution in [-0.4, -0.2) is 43.1 Å². The van der Waals surface area contributed by atoms with Crippen molar-refractivity contribution < 1.29 is 9.53 Å². The summed E-state index contributed by atoms with van der Waals surface area (Å²) in [4.78, 5) is 16.9. The number of carbonyl (C=O) groups excluding carboxylic acids is 1. The second-order valence-electron chi connectivity index (χ2n) is 6.93. The molecule has 0 unspecified atom stereocenters. The summed E-state index contributed by atoms with van der Waals surface area (Å²) in [7, 11) is 1.64. The molecule has 1 aromatic carbocycles. The molecule has 0 aliphatic carbocycles. The van der Waals surface area contributed by atoms with Crippen molar-refractivity contribution in [2.45, 2.75) is 44.4 Å². The molecule has 9 heteroatoms. The molecule has 0 radical (unpaired) electrons. The second kappa shape index (κ2) is 8.69. The van der Waals surface area contributed by atoms with Crippen LogP contribution in [-0.2, 0) is 24.3 Å². The quantitative estimate of drug-likeness (QED) is 0.600. The Bertz CT molecular complexity index is 972. The molecule has 152 valence electrons. The van der Waals surface area contributed by atoms with Gasteiger partial charge in [-0.1, -0.05) is 11.8 Å². The van der Waals surface area contributed by atoms with Crippen molar-refractivity contribution in [1.82, 2.24) is 29.6 Å². The van der Waals surface area contributed by atoms with Crippen molar-refractivity contribution in [2.75, 3.05) is 12.9 Å². The van der Waals surface area contributed by atoms with Crippen molar-refractivity contribution in [3.63, 3.8) is 0 Å². The Morgan fingerprint density at radius 2 is 2.07 bits per heavy atom. The van der Waals surface area contributed by atoms with Gasteiger partial charge in [0, 0.05) is 24.8 Å². The van der Waals surface area contributed by atoms with Crippen LogP contribution in [0.4, 0.5) is 0 Å². The molecule has 29 heavy (non-hydrogen) atoms. The summed E-state index contributed by atoms with van der Waals surface area (Å²) in [6.07, 6.45) is 5.45. The van der Waals surface area contributed by atoms with Crippen molar-refractivity contribution in [3.05, 3.63) is 47.8 Å². The average molecular weight is 413 g/mol. The fourth-order valence-corrected chi connectivity index (χ4v) is 4.22. The maximum absolute atomic E-state index is 12.3. The van der Waals surface area contributed by atoms with Gasteiger partial charge >= 0.3 is 0 Å². The highest BCUT2D eigenvalue weighted by molar-refractivity contribution is 7.99. The van der Waals surface area contributed by atoms with Crippen LogP contribution >= 0.6 is 11.8 Å². The number of ether oxygens (including phenoxy) is 1. The van der Waals surface area contributed by atoms with Crippen LogP contribution in [0.15, 0.2) is 35.6 Å². The second-order valence-corrected chi connectivity index (χ2v) is 7.87. The normalized spacial score (nSPS) is 13.2. The summed E-state index contributed by atoms with van der Waals surface area (Å²) in [5.74, 6) is 2.89. The van der Waals surface area contributed by atoms with Gasteiger partial charge in [0.2, 0.25) is 5.91 Å². The lowest BCUT2D eigenvalue weighted by atomic mass is 10.2. The number of methoxy groups -OCH3 is 1. The molecule has 1 amide bonds. The van der Waals surface area contributed by atoms with E-state index in [0.29, 0.717) is 11.7 Å². The number of rotatable bonds is 7. The fraction of sp³-hybridized carbons (Fsp3) is 0.400. The third-order valence-corrected chi connectivity index (χ3v) is 5.81. The minimum absolute atomic E-state index is 0.0529. The molecule has 1 aliphatic rings. The predicted molar refractivity (Wildman–Crippen MR) is 110 cm³/mol. The lowest BCUT2D eigenvalue weighted by Gasteiger charge is -2.11. The van der Waals surface area contributed by atoms with Gasteiger partial charge in [-0.15, -0.1) is 10.2 Å². The van der Waals surface area contributed by atoms with Gasteiger partial charge in [-0.3, -0.25) is 9.36 Å². The van der Waals surface area contributed by atoms with E-state index < -0.39 is 0 Å². The molecule has 0 spiro atoms. The Labute approximate surface area is 173 Å². The number of imidazole rings is 1. The standard InChI is InChI=1S/C20H24N6O2S/c1-14-23-24-20(26(14)16-6-8-17(28-2)9-7-16)29-13-19(27)21-11-15-12-25-10-4-3-5-18(25)22-15/h6-9,12H,3-5,10-11,13H2,1-2H3,(H,21,27). The lowest BCUT2D eigenvalue weighted by molar-refractivity contribution is -0.118. The summed E-state index contributed by atoms with van der Waals surface area (Å²) >= 11 is 1.36. The molecule has 1 aliphatic heterocycles. The van der Waals surface area contributed by atoms with Crippen molar-refractivity contribution in [2.24, 2.45) is 0 Å². The highest BCUT2D eigenvalue weighted by Crippen LogP contribution is 2.23. The molecule has 0 fully saturated rings. The van der Waals surface area contributed by atoms with Crippen molar-refractivity contribution >= 4 is 17.7 Å². The number of carbonyl (C=O) groups is 1. The van der Waals surface area contributed by atoms with Crippen LogP contribution < -0.4 is 10.1 Å². The fourth-order valence-electron chi connectivity index (χ4n) is 3.39. The van der Waals surface area contributed by atoms with Crippen molar-refractivity contribution in [1.29, 1.82) is 0 Å². The van der Waals surface area contributed by atoms with Crippen LogP contribution in [0.5, 0.6) is 5.75 Å². The topological polar surface area (TPSA) is 86.9 Å². The first-order chi connectivity index (χ1) is 14.1. The minimum Gasteiger partial charge on any atom is -0.497 e. The molecule has 0 saturated heterocycles. The van der Waals surface area contributed by atoms with Gasteiger partial charge in [-0.2, -0.15) is 0 Å². The first-order valence-corrected chi connectivity index (χ1v) is 10.6. The third kappa shape index (κ3) is 4.45. The van der Waals surface area contributed by atoms with E-state index >= 15 is 0 Å². The highest BCUT2D eigenvalue weighted by Gasteiger charge is 2.15. The zero-order valence-electron chi connectivity index (χ0n) is 16.6. The molecule has 3 heterocycles.